The molecule has 1 fully saturated rings. The Hall–Kier alpha value is -2.28. The Morgan fingerprint density at radius 1 is 1.21 bits per heavy atom. The normalized spacial score (nSPS) is 21.0. The Morgan fingerprint density at radius 2 is 1.92 bits per heavy atom. The summed E-state index contributed by atoms with van der Waals surface area (Å²) in [5.41, 5.74) is 0.948. The van der Waals surface area contributed by atoms with Gasteiger partial charge < -0.3 is 10.2 Å². The van der Waals surface area contributed by atoms with Gasteiger partial charge in [0.2, 0.25) is 11.7 Å². The van der Waals surface area contributed by atoms with Gasteiger partial charge in [0.15, 0.2) is 0 Å². The van der Waals surface area contributed by atoms with Crippen LogP contribution in [0.4, 0.5) is 0 Å². The van der Waals surface area contributed by atoms with Crippen LogP contribution in [0.25, 0.3) is 11.4 Å². The number of nitrogens with zero attached hydrogens (tertiary/aromatic N) is 5. The molecule has 128 valence electrons. The molecule has 1 aliphatic heterocycles. The highest BCUT2D eigenvalue weighted by Crippen LogP contribution is 2.12. The van der Waals surface area contributed by atoms with Crippen molar-refractivity contribution >= 4 is 5.91 Å². The van der Waals surface area contributed by atoms with Crippen molar-refractivity contribution in [2.24, 2.45) is 0 Å². The summed E-state index contributed by atoms with van der Waals surface area (Å²) in [5.74, 6) is 0.824. The van der Waals surface area contributed by atoms with Gasteiger partial charge in [0, 0.05) is 37.2 Å². The molecule has 1 aromatic heterocycles. The molecule has 0 saturated carbocycles. The molecule has 0 aliphatic carbocycles. The fraction of sp³-hybridized carbons (Fsp3) is 0.529. The van der Waals surface area contributed by atoms with Crippen LogP contribution >= 0.6 is 0 Å². The van der Waals surface area contributed by atoms with Crippen molar-refractivity contribution < 1.29 is 4.79 Å². The van der Waals surface area contributed by atoms with Crippen LogP contribution < -0.4 is 5.32 Å². The summed E-state index contributed by atoms with van der Waals surface area (Å²) >= 11 is 0. The summed E-state index contributed by atoms with van der Waals surface area (Å²) in [6.07, 6.45) is 1.23. The second kappa shape index (κ2) is 7.53. The van der Waals surface area contributed by atoms with Crippen LogP contribution in [0.5, 0.6) is 0 Å². The predicted octanol–water partition coefficient (Wildman–Crippen LogP) is 1.33. The first-order chi connectivity index (χ1) is 11.6. The fourth-order valence-corrected chi connectivity index (χ4v) is 3.10. The van der Waals surface area contributed by atoms with Crippen molar-refractivity contribution in [2.45, 2.75) is 45.3 Å². The molecule has 3 rings (SSSR count). The number of aryl methyl sites for hydroxylation is 1. The summed E-state index contributed by atoms with van der Waals surface area (Å²) in [6.45, 7) is 6.38. The van der Waals surface area contributed by atoms with E-state index in [0.29, 0.717) is 30.9 Å². The van der Waals surface area contributed by atoms with Crippen molar-refractivity contribution in [3.63, 3.8) is 0 Å². The van der Waals surface area contributed by atoms with Crippen molar-refractivity contribution in [1.82, 2.24) is 30.4 Å². The molecule has 1 amide bonds. The van der Waals surface area contributed by atoms with Gasteiger partial charge in [-0.1, -0.05) is 30.3 Å². The van der Waals surface area contributed by atoms with E-state index in [-0.39, 0.29) is 5.91 Å². The molecule has 0 unspecified atom stereocenters. The lowest BCUT2D eigenvalue weighted by atomic mass is 10.1. The van der Waals surface area contributed by atoms with Crippen LogP contribution in [-0.4, -0.2) is 56.2 Å². The third-order valence-corrected chi connectivity index (χ3v) is 4.14. The highest BCUT2D eigenvalue weighted by atomic mass is 16.2. The Kier molecular flexibility index (Phi) is 5.20. The number of rotatable bonds is 5. The Morgan fingerprint density at radius 3 is 2.62 bits per heavy atom. The zero-order valence-corrected chi connectivity index (χ0v) is 14.2. The number of benzene rings is 1. The van der Waals surface area contributed by atoms with E-state index < -0.39 is 0 Å². The van der Waals surface area contributed by atoms with Gasteiger partial charge in [-0.3, -0.25) is 4.79 Å². The van der Waals surface area contributed by atoms with E-state index in [1.54, 1.807) is 4.80 Å². The van der Waals surface area contributed by atoms with Gasteiger partial charge >= 0.3 is 0 Å². The minimum atomic E-state index is 0.207. The lowest BCUT2D eigenvalue weighted by molar-refractivity contribution is -0.133. The molecule has 0 bridgehead atoms. The second-order valence-electron chi connectivity index (χ2n) is 6.45. The molecule has 0 spiro atoms. The van der Waals surface area contributed by atoms with E-state index in [1.807, 2.05) is 35.2 Å². The number of hydrogen-bond acceptors (Lipinski definition) is 5. The summed E-state index contributed by atoms with van der Waals surface area (Å²) in [5, 5.41) is 16.0. The molecule has 24 heavy (non-hydrogen) atoms. The molecular weight excluding hydrogens is 304 g/mol. The van der Waals surface area contributed by atoms with E-state index in [0.717, 1.165) is 25.1 Å². The number of carbonyl (C=O) groups excluding carboxylic acids is 1. The van der Waals surface area contributed by atoms with Gasteiger partial charge in [0.1, 0.15) is 0 Å². The molecule has 0 radical (unpaired) electrons. The van der Waals surface area contributed by atoms with Gasteiger partial charge in [0.25, 0.3) is 0 Å². The molecule has 1 aliphatic rings. The SMILES string of the molecule is C[C@H]1CN(C(=O)CCCn2nnc(-c3ccccc3)n2)C[C@H](C)N1. The summed E-state index contributed by atoms with van der Waals surface area (Å²) in [7, 11) is 0. The number of hydrogen-bond donors (Lipinski definition) is 1. The highest BCUT2D eigenvalue weighted by molar-refractivity contribution is 5.76. The maximum atomic E-state index is 12.3. The first kappa shape index (κ1) is 16.6. The highest BCUT2D eigenvalue weighted by Gasteiger charge is 2.24. The van der Waals surface area contributed by atoms with Crippen molar-refractivity contribution in [3.8, 4) is 11.4 Å². The number of tetrazole rings is 1. The molecule has 2 atom stereocenters. The average Bonchev–Trinajstić information content (AvgIpc) is 3.03. The maximum absolute atomic E-state index is 12.3. The Labute approximate surface area is 142 Å². The molecule has 1 N–H and O–H groups in total. The van der Waals surface area contributed by atoms with E-state index in [4.69, 9.17) is 0 Å². The van der Waals surface area contributed by atoms with E-state index in [1.165, 1.54) is 0 Å². The van der Waals surface area contributed by atoms with Crippen molar-refractivity contribution in [1.29, 1.82) is 0 Å². The van der Waals surface area contributed by atoms with Crippen LogP contribution in [0.2, 0.25) is 0 Å². The van der Waals surface area contributed by atoms with Gasteiger partial charge in [-0.2, -0.15) is 4.80 Å². The Balaban J connectivity index is 1.48. The molecule has 7 heteroatoms. The average molecular weight is 328 g/mol. The summed E-state index contributed by atoms with van der Waals surface area (Å²) < 4.78 is 0. The van der Waals surface area contributed by atoms with E-state index in [2.05, 4.69) is 34.6 Å². The van der Waals surface area contributed by atoms with Gasteiger partial charge in [0.05, 0.1) is 6.54 Å². The molecule has 2 heterocycles. The molecule has 1 saturated heterocycles. The Bertz CT molecular complexity index is 661. The second-order valence-corrected chi connectivity index (χ2v) is 6.45. The molecule has 1 aromatic carbocycles. The predicted molar refractivity (Wildman–Crippen MR) is 91.1 cm³/mol. The number of piperazine rings is 1. The minimum absolute atomic E-state index is 0.207. The number of aromatic nitrogens is 4. The fourth-order valence-electron chi connectivity index (χ4n) is 3.10. The number of nitrogens with one attached hydrogen (secondary N) is 1. The molecular formula is C17H24N6O. The number of carbonyl (C=O) groups is 1. The van der Waals surface area contributed by atoms with E-state index in [9.17, 15) is 4.79 Å². The van der Waals surface area contributed by atoms with Crippen molar-refractivity contribution in [2.75, 3.05) is 13.1 Å². The first-order valence-electron chi connectivity index (χ1n) is 8.49. The quantitative estimate of drug-likeness (QED) is 0.896. The van der Waals surface area contributed by atoms with Crippen LogP contribution in [-0.2, 0) is 11.3 Å². The van der Waals surface area contributed by atoms with Crippen LogP contribution in [0.15, 0.2) is 30.3 Å². The zero-order valence-electron chi connectivity index (χ0n) is 14.2. The molecule has 7 nitrogen and oxygen atoms in total. The minimum Gasteiger partial charge on any atom is -0.340 e. The molecule has 2 aromatic rings. The number of amides is 1. The summed E-state index contributed by atoms with van der Waals surface area (Å²) in [4.78, 5) is 15.9. The standard InChI is InChI=1S/C17H24N6O/c1-13-11-22(12-14(2)18-13)16(24)9-6-10-23-20-17(19-21-23)15-7-4-3-5-8-15/h3-5,7-8,13-14,18H,6,9-12H2,1-2H3/t13-,14-/m0/s1. The monoisotopic (exact) mass is 328 g/mol. The van der Waals surface area contributed by atoms with Gasteiger partial charge in [-0.05, 0) is 25.5 Å². The lowest BCUT2D eigenvalue weighted by Gasteiger charge is -2.36. The van der Waals surface area contributed by atoms with E-state index >= 15 is 0 Å². The third kappa shape index (κ3) is 4.17. The van der Waals surface area contributed by atoms with Crippen molar-refractivity contribution in [3.05, 3.63) is 30.3 Å². The third-order valence-electron chi connectivity index (χ3n) is 4.14. The smallest absolute Gasteiger partial charge is 0.222 e. The van der Waals surface area contributed by atoms with Gasteiger partial charge in [-0.25, -0.2) is 0 Å². The first-order valence-corrected chi connectivity index (χ1v) is 8.49. The lowest BCUT2D eigenvalue weighted by Crippen LogP contribution is -2.55. The van der Waals surface area contributed by atoms with Crippen LogP contribution in [0.3, 0.4) is 0 Å². The topological polar surface area (TPSA) is 75.9 Å². The van der Waals surface area contributed by atoms with Crippen LogP contribution in [0, 0.1) is 0 Å². The maximum Gasteiger partial charge on any atom is 0.222 e. The summed E-state index contributed by atoms with van der Waals surface area (Å²) in [6, 6.07) is 10.5. The van der Waals surface area contributed by atoms with Crippen LogP contribution in [0.1, 0.15) is 26.7 Å². The zero-order chi connectivity index (χ0) is 16.9. The largest absolute Gasteiger partial charge is 0.340 e. The van der Waals surface area contributed by atoms with Gasteiger partial charge in [-0.15, -0.1) is 10.2 Å².